The number of imidazole rings is 1. The van der Waals surface area contributed by atoms with E-state index < -0.39 is 17.6 Å². The smallest absolute Gasteiger partial charge is 0.410 e. The van der Waals surface area contributed by atoms with E-state index in [0.717, 1.165) is 43.8 Å². The van der Waals surface area contributed by atoms with E-state index in [1.165, 1.54) is 4.57 Å². The summed E-state index contributed by atoms with van der Waals surface area (Å²) in [5.74, 6) is -0.729. The molecule has 11 nitrogen and oxygen atoms in total. The molecule has 2 saturated heterocycles. The van der Waals surface area contributed by atoms with Gasteiger partial charge in [-0.1, -0.05) is 0 Å². The zero-order valence-electron chi connectivity index (χ0n) is 23.3. The van der Waals surface area contributed by atoms with E-state index in [1.807, 2.05) is 39.0 Å². The van der Waals surface area contributed by atoms with E-state index in [0.29, 0.717) is 24.5 Å². The summed E-state index contributed by atoms with van der Waals surface area (Å²) >= 11 is 0. The second-order valence-electron chi connectivity index (χ2n) is 11.4. The lowest BCUT2D eigenvalue weighted by atomic mass is 10.1. The van der Waals surface area contributed by atoms with Gasteiger partial charge in [-0.15, -0.1) is 0 Å². The Balaban J connectivity index is 1.39. The van der Waals surface area contributed by atoms with Crippen molar-refractivity contribution in [3.63, 3.8) is 0 Å². The number of piperidine rings is 1. The van der Waals surface area contributed by atoms with Gasteiger partial charge in [0.05, 0.1) is 11.0 Å². The minimum absolute atomic E-state index is 0.219. The first-order chi connectivity index (χ1) is 17.9. The number of anilines is 1. The van der Waals surface area contributed by atoms with Gasteiger partial charge in [0.25, 0.3) is 0 Å². The van der Waals surface area contributed by atoms with Crippen LogP contribution in [0.4, 0.5) is 10.5 Å². The predicted molar refractivity (Wildman–Crippen MR) is 145 cm³/mol. The SMILES string of the molecule is C[C@H]1CN(c2ccc3c(c2)n(C)c(=O)n3C2CCC(=O)NC2=O)CCN1CCCN(C)C(=O)OC(C)(C)C. The normalized spacial score (nSPS) is 21.1. The van der Waals surface area contributed by atoms with Crippen molar-refractivity contribution in [1.82, 2.24) is 24.3 Å². The number of fused-ring (bicyclic) bond motifs is 1. The molecule has 0 saturated carbocycles. The highest BCUT2D eigenvalue weighted by atomic mass is 16.6. The lowest BCUT2D eigenvalue weighted by molar-refractivity contribution is -0.135. The van der Waals surface area contributed by atoms with Crippen molar-refractivity contribution in [2.45, 2.75) is 64.6 Å². The van der Waals surface area contributed by atoms with Crippen LogP contribution in [0.5, 0.6) is 0 Å². The Hall–Kier alpha value is -3.34. The van der Waals surface area contributed by atoms with Crippen molar-refractivity contribution in [2.75, 3.05) is 44.7 Å². The number of ether oxygens (including phenoxy) is 1. The largest absolute Gasteiger partial charge is 0.444 e. The summed E-state index contributed by atoms with van der Waals surface area (Å²) in [6.45, 7) is 11.9. The number of aryl methyl sites for hydroxylation is 1. The number of nitrogens with zero attached hydrogens (tertiary/aromatic N) is 5. The van der Waals surface area contributed by atoms with E-state index >= 15 is 0 Å². The average molecular weight is 529 g/mol. The molecule has 0 bridgehead atoms. The van der Waals surface area contributed by atoms with Crippen LogP contribution in [0, 0.1) is 0 Å². The molecule has 2 fully saturated rings. The molecule has 1 aromatic carbocycles. The first kappa shape index (κ1) is 27.7. The maximum atomic E-state index is 13.1. The number of hydrogen-bond acceptors (Lipinski definition) is 7. The fourth-order valence-electron chi connectivity index (χ4n) is 5.28. The fraction of sp³-hybridized carbons (Fsp3) is 0.630. The molecule has 2 aromatic rings. The third kappa shape index (κ3) is 5.87. The topological polar surface area (TPSA) is 109 Å². The van der Waals surface area contributed by atoms with Crippen LogP contribution in [0.2, 0.25) is 0 Å². The van der Waals surface area contributed by atoms with Crippen LogP contribution in [-0.2, 0) is 21.4 Å². The number of aromatic nitrogens is 2. The number of hydrogen-bond donors (Lipinski definition) is 1. The molecule has 38 heavy (non-hydrogen) atoms. The van der Waals surface area contributed by atoms with E-state index in [1.54, 1.807) is 23.6 Å². The Morgan fingerprint density at radius 1 is 1.16 bits per heavy atom. The van der Waals surface area contributed by atoms with Gasteiger partial charge in [0, 0.05) is 65.0 Å². The molecule has 1 unspecified atom stereocenters. The highest BCUT2D eigenvalue weighted by molar-refractivity contribution is 6.00. The lowest BCUT2D eigenvalue weighted by Crippen LogP contribution is -2.52. The molecule has 2 atom stereocenters. The minimum atomic E-state index is -0.687. The number of carbonyl (C=O) groups is 3. The molecule has 11 heteroatoms. The number of imide groups is 1. The monoisotopic (exact) mass is 528 g/mol. The maximum absolute atomic E-state index is 13.1. The zero-order valence-corrected chi connectivity index (χ0v) is 23.3. The number of piperazine rings is 1. The van der Waals surface area contributed by atoms with Crippen LogP contribution < -0.4 is 15.9 Å². The van der Waals surface area contributed by atoms with Gasteiger partial charge in [0.1, 0.15) is 11.6 Å². The van der Waals surface area contributed by atoms with Gasteiger partial charge in [-0.3, -0.25) is 28.9 Å². The molecular formula is C27H40N6O5. The number of amides is 3. The first-order valence-electron chi connectivity index (χ1n) is 13.3. The summed E-state index contributed by atoms with van der Waals surface area (Å²) in [5.41, 5.74) is 1.72. The summed E-state index contributed by atoms with van der Waals surface area (Å²) in [5, 5.41) is 2.35. The van der Waals surface area contributed by atoms with E-state index in [9.17, 15) is 19.2 Å². The highest BCUT2D eigenvalue weighted by Crippen LogP contribution is 2.27. The summed E-state index contributed by atoms with van der Waals surface area (Å²) in [7, 11) is 3.48. The van der Waals surface area contributed by atoms with Gasteiger partial charge in [0.2, 0.25) is 11.8 Å². The number of rotatable bonds is 6. The molecule has 2 aliphatic rings. The van der Waals surface area contributed by atoms with Gasteiger partial charge in [-0.2, -0.15) is 0 Å². The summed E-state index contributed by atoms with van der Waals surface area (Å²) in [6, 6.07) is 5.55. The van der Waals surface area contributed by atoms with Crippen molar-refractivity contribution in [2.24, 2.45) is 7.05 Å². The van der Waals surface area contributed by atoms with Crippen LogP contribution in [0.3, 0.4) is 0 Å². The van der Waals surface area contributed by atoms with Gasteiger partial charge in [-0.05, 0) is 58.7 Å². The van der Waals surface area contributed by atoms with Gasteiger partial charge in [-0.25, -0.2) is 9.59 Å². The average Bonchev–Trinajstić information content (AvgIpc) is 3.08. The molecule has 3 heterocycles. The molecule has 1 aromatic heterocycles. The number of benzene rings is 1. The molecule has 1 N–H and O–H groups in total. The van der Waals surface area contributed by atoms with Crippen molar-refractivity contribution >= 4 is 34.6 Å². The molecule has 208 valence electrons. The van der Waals surface area contributed by atoms with E-state index in [4.69, 9.17) is 4.74 Å². The molecule has 0 radical (unpaired) electrons. The van der Waals surface area contributed by atoms with Gasteiger partial charge in [0.15, 0.2) is 0 Å². The summed E-state index contributed by atoms with van der Waals surface area (Å²) in [6.07, 6.45) is 1.10. The van der Waals surface area contributed by atoms with Crippen LogP contribution in [0.15, 0.2) is 23.0 Å². The molecule has 2 aliphatic heterocycles. The minimum Gasteiger partial charge on any atom is -0.444 e. The second-order valence-corrected chi connectivity index (χ2v) is 11.4. The third-order valence-corrected chi connectivity index (χ3v) is 7.37. The van der Waals surface area contributed by atoms with Gasteiger partial charge < -0.3 is 14.5 Å². The van der Waals surface area contributed by atoms with Crippen LogP contribution in [-0.4, -0.2) is 88.3 Å². The standard InChI is InChI=1S/C27H40N6O5/c1-18-17-32(15-14-31(18)13-7-12-29(5)26(37)38-27(2,3)4)19-8-9-20-22(16-19)30(6)25(36)33(20)21-10-11-23(34)28-24(21)35/h8-9,16,18,21H,7,10-15,17H2,1-6H3,(H,28,34,35)/t18-,21?/m0/s1. The molecular weight excluding hydrogens is 488 g/mol. The van der Waals surface area contributed by atoms with Crippen molar-refractivity contribution in [3.05, 3.63) is 28.7 Å². The molecule has 3 amide bonds. The van der Waals surface area contributed by atoms with Crippen molar-refractivity contribution in [3.8, 4) is 0 Å². The third-order valence-electron chi connectivity index (χ3n) is 7.37. The first-order valence-corrected chi connectivity index (χ1v) is 13.3. The predicted octanol–water partition coefficient (Wildman–Crippen LogP) is 2.09. The lowest BCUT2D eigenvalue weighted by Gasteiger charge is -2.41. The Kier molecular flexibility index (Phi) is 7.87. The van der Waals surface area contributed by atoms with Crippen molar-refractivity contribution < 1.29 is 19.1 Å². The van der Waals surface area contributed by atoms with E-state index in [-0.39, 0.29) is 24.1 Å². The van der Waals surface area contributed by atoms with Crippen LogP contribution >= 0.6 is 0 Å². The highest BCUT2D eigenvalue weighted by Gasteiger charge is 2.32. The Morgan fingerprint density at radius 3 is 2.55 bits per heavy atom. The zero-order chi connectivity index (χ0) is 27.8. The summed E-state index contributed by atoms with van der Waals surface area (Å²) < 4.78 is 8.51. The summed E-state index contributed by atoms with van der Waals surface area (Å²) in [4.78, 5) is 55.7. The molecule has 4 rings (SSSR count). The Morgan fingerprint density at radius 2 is 1.89 bits per heavy atom. The molecule has 0 spiro atoms. The van der Waals surface area contributed by atoms with Gasteiger partial charge >= 0.3 is 11.8 Å². The fourth-order valence-corrected chi connectivity index (χ4v) is 5.28. The van der Waals surface area contributed by atoms with Crippen molar-refractivity contribution in [1.29, 1.82) is 0 Å². The van der Waals surface area contributed by atoms with Crippen LogP contribution in [0.1, 0.15) is 53.0 Å². The Bertz CT molecular complexity index is 1280. The Labute approximate surface area is 223 Å². The maximum Gasteiger partial charge on any atom is 0.410 e. The quantitative estimate of drug-likeness (QED) is 0.572. The number of nitrogens with one attached hydrogen (secondary N) is 1. The van der Waals surface area contributed by atoms with Crippen LogP contribution in [0.25, 0.3) is 11.0 Å². The second kappa shape index (κ2) is 10.8. The molecule has 0 aliphatic carbocycles. The van der Waals surface area contributed by atoms with E-state index in [2.05, 4.69) is 22.0 Å². The number of carbonyl (C=O) groups excluding carboxylic acids is 3.